The number of anilines is 2. The van der Waals surface area contributed by atoms with Gasteiger partial charge in [-0.25, -0.2) is 0 Å². The van der Waals surface area contributed by atoms with Crippen molar-refractivity contribution in [1.29, 1.82) is 0 Å². The van der Waals surface area contributed by atoms with Crippen LogP contribution in [0.3, 0.4) is 0 Å². The molecule has 38 heavy (non-hydrogen) atoms. The van der Waals surface area contributed by atoms with Gasteiger partial charge in [-0.05, 0) is 75.1 Å². The first kappa shape index (κ1) is 26.9. The van der Waals surface area contributed by atoms with Crippen molar-refractivity contribution < 1.29 is 27.1 Å². The largest absolute Gasteiger partial charge is 0.494 e. The third-order valence-electron chi connectivity index (χ3n) is 6.17. The standard InChI is InChI=1S/C29H29F3N2O4/c1-18-27(35)23-17-22(36-14-4-2-3-5-15-37-26-16-21(33)10-12-24(26)34)11-13-25(23)38-28(18)19-6-8-20(9-7-19)29(30,31)32/h6-13,16-17H,2-5,14-15,33-34H2,1H3. The maximum atomic E-state index is 13.0. The van der Waals surface area contributed by atoms with Crippen molar-refractivity contribution in [2.24, 2.45) is 0 Å². The molecular formula is C29H29F3N2O4. The molecule has 1 aromatic heterocycles. The van der Waals surface area contributed by atoms with Gasteiger partial charge in [0.25, 0.3) is 0 Å². The van der Waals surface area contributed by atoms with Crippen LogP contribution in [-0.4, -0.2) is 13.2 Å². The Morgan fingerprint density at radius 2 is 1.53 bits per heavy atom. The summed E-state index contributed by atoms with van der Waals surface area (Å²) < 4.78 is 56.0. The number of rotatable bonds is 10. The molecule has 4 N–H and O–H groups in total. The molecule has 4 rings (SSSR count). The van der Waals surface area contributed by atoms with Crippen LogP contribution < -0.4 is 26.4 Å². The minimum absolute atomic E-state index is 0.243. The molecule has 0 amide bonds. The lowest BCUT2D eigenvalue weighted by Crippen LogP contribution is -2.08. The summed E-state index contributed by atoms with van der Waals surface area (Å²) in [6.07, 6.45) is -0.833. The zero-order valence-corrected chi connectivity index (χ0v) is 20.9. The van der Waals surface area contributed by atoms with Crippen LogP contribution in [0.5, 0.6) is 11.5 Å². The van der Waals surface area contributed by atoms with Crippen LogP contribution in [0.4, 0.5) is 24.5 Å². The van der Waals surface area contributed by atoms with Crippen LogP contribution in [0, 0.1) is 6.92 Å². The van der Waals surface area contributed by atoms with Crippen molar-refractivity contribution in [3.8, 4) is 22.8 Å². The maximum Gasteiger partial charge on any atom is 0.416 e. The fraction of sp³-hybridized carbons (Fsp3) is 0.276. The summed E-state index contributed by atoms with van der Waals surface area (Å²) in [5, 5.41) is 0.355. The quantitative estimate of drug-likeness (QED) is 0.171. The monoisotopic (exact) mass is 526 g/mol. The van der Waals surface area contributed by atoms with Crippen molar-refractivity contribution in [3.05, 3.63) is 82.0 Å². The average molecular weight is 527 g/mol. The van der Waals surface area contributed by atoms with Crippen molar-refractivity contribution in [2.45, 2.75) is 38.8 Å². The van der Waals surface area contributed by atoms with Gasteiger partial charge in [-0.3, -0.25) is 4.79 Å². The lowest BCUT2D eigenvalue weighted by molar-refractivity contribution is -0.137. The summed E-state index contributed by atoms with van der Waals surface area (Å²) in [4.78, 5) is 13.0. The first-order valence-electron chi connectivity index (χ1n) is 12.3. The summed E-state index contributed by atoms with van der Waals surface area (Å²) in [6.45, 7) is 2.63. The predicted octanol–water partition coefficient (Wildman–Crippen LogP) is 6.97. The second-order valence-electron chi connectivity index (χ2n) is 9.03. The number of hydrogen-bond donors (Lipinski definition) is 2. The molecule has 0 saturated carbocycles. The van der Waals surface area contributed by atoms with Crippen LogP contribution in [0.15, 0.2) is 69.9 Å². The first-order chi connectivity index (χ1) is 18.1. The van der Waals surface area contributed by atoms with Gasteiger partial charge in [0.05, 0.1) is 29.9 Å². The smallest absolute Gasteiger partial charge is 0.416 e. The van der Waals surface area contributed by atoms with E-state index in [-0.39, 0.29) is 11.2 Å². The Kier molecular flexibility index (Phi) is 8.14. The molecule has 6 nitrogen and oxygen atoms in total. The third-order valence-corrected chi connectivity index (χ3v) is 6.17. The number of halogens is 3. The van der Waals surface area contributed by atoms with Crippen molar-refractivity contribution in [2.75, 3.05) is 24.7 Å². The average Bonchev–Trinajstić information content (AvgIpc) is 2.89. The fourth-order valence-electron chi connectivity index (χ4n) is 4.05. The van der Waals surface area contributed by atoms with E-state index in [0.717, 1.165) is 37.8 Å². The minimum atomic E-state index is -4.44. The van der Waals surface area contributed by atoms with Crippen molar-refractivity contribution in [3.63, 3.8) is 0 Å². The Morgan fingerprint density at radius 3 is 2.21 bits per heavy atom. The molecule has 0 atom stereocenters. The highest BCUT2D eigenvalue weighted by molar-refractivity contribution is 5.81. The Bertz CT molecular complexity index is 1460. The third kappa shape index (κ3) is 6.40. The Hall–Kier alpha value is -4.14. The maximum absolute atomic E-state index is 13.0. The highest BCUT2D eigenvalue weighted by atomic mass is 19.4. The van der Waals surface area contributed by atoms with Gasteiger partial charge in [-0.15, -0.1) is 0 Å². The molecule has 9 heteroatoms. The lowest BCUT2D eigenvalue weighted by Gasteiger charge is -2.11. The molecule has 0 saturated heterocycles. The topological polar surface area (TPSA) is 101 Å². The Labute approximate surface area is 218 Å². The van der Waals surface area contributed by atoms with Crippen LogP contribution in [0.25, 0.3) is 22.3 Å². The molecule has 1 heterocycles. The number of nitrogen functional groups attached to an aromatic ring is 2. The Balaban J connectivity index is 1.30. The molecule has 0 aliphatic heterocycles. The number of ether oxygens (including phenoxy) is 2. The molecule has 0 aliphatic carbocycles. The van der Waals surface area contributed by atoms with Gasteiger partial charge >= 0.3 is 6.18 Å². The SMILES string of the molecule is Cc1c(-c2ccc(C(F)(F)F)cc2)oc2ccc(OCCCCCCOc3cc(N)ccc3N)cc2c1=O. The molecule has 0 aliphatic rings. The van der Waals surface area contributed by atoms with Gasteiger partial charge in [0.15, 0.2) is 5.43 Å². The molecule has 0 radical (unpaired) electrons. The Morgan fingerprint density at radius 1 is 0.842 bits per heavy atom. The van der Waals surface area contributed by atoms with Gasteiger partial charge in [0.1, 0.15) is 22.8 Å². The van der Waals surface area contributed by atoms with E-state index < -0.39 is 11.7 Å². The molecule has 0 bridgehead atoms. The molecule has 3 aromatic carbocycles. The molecular weight excluding hydrogens is 497 g/mol. The zero-order valence-electron chi connectivity index (χ0n) is 20.9. The molecule has 200 valence electrons. The second-order valence-corrected chi connectivity index (χ2v) is 9.03. The highest BCUT2D eigenvalue weighted by Gasteiger charge is 2.30. The van der Waals surface area contributed by atoms with E-state index in [1.165, 1.54) is 12.1 Å². The summed E-state index contributed by atoms with van der Waals surface area (Å²) in [5.74, 6) is 1.38. The summed E-state index contributed by atoms with van der Waals surface area (Å²) in [6, 6.07) is 14.7. The van der Waals surface area contributed by atoms with Crippen LogP contribution >= 0.6 is 0 Å². The van der Waals surface area contributed by atoms with Gasteiger partial charge in [0, 0.05) is 22.9 Å². The number of benzene rings is 3. The van der Waals surface area contributed by atoms with Gasteiger partial charge < -0.3 is 25.4 Å². The number of fused-ring (bicyclic) bond motifs is 1. The normalized spacial score (nSPS) is 11.6. The highest BCUT2D eigenvalue weighted by Crippen LogP contribution is 2.32. The number of nitrogens with two attached hydrogens (primary N) is 2. The number of unbranched alkanes of at least 4 members (excludes halogenated alkanes) is 3. The summed E-state index contributed by atoms with van der Waals surface area (Å²) in [5.41, 5.74) is 12.8. The van der Waals surface area contributed by atoms with Crippen LogP contribution in [0.1, 0.15) is 36.8 Å². The van der Waals surface area contributed by atoms with E-state index >= 15 is 0 Å². The van der Waals surface area contributed by atoms with E-state index in [0.29, 0.717) is 58.2 Å². The van der Waals surface area contributed by atoms with Crippen LogP contribution in [0.2, 0.25) is 0 Å². The van der Waals surface area contributed by atoms with Gasteiger partial charge in [0.2, 0.25) is 0 Å². The second kappa shape index (κ2) is 11.5. The van der Waals surface area contributed by atoms with E-state index in [1.807, 2.05) is 0 Å². The molecule has 4 aromatic rings. The minimum Gasteiger partial charge on any atom is -0.494 e. The zero-order chi connectivity index (χ0) is 27.3. The predicted molar refractivity (Wildman–Crippen MR) is 142 cm³/mol. The van der Waals surface area contributed by atoms with Crippen molar-refractivity contribution >= 4 is 22.3 Å². The van der Waals surface area contributed by atoms with Crippen molar-refractivity contribution in [1.82, 2.24) is 0 Å². The van der Waals surface area contributed by atoms with E-state index in [4.69, 9.17) is 25.4 Å². The van der Waals surface area contributed by atoms with Gasteiger partial charge in [-0.2, -0.15) is 13.2 Å². The van der Waals surface area contributed by atoms with Gasteiger partial charge in [-0.1, -0.05) is 12.1 Å². The molecule has 0 fully saturated rings. The first-order valence-corrected chi connectivity index (χ1v) is 12.3. The van der Waals surface area contributed by atoms with Crippen LogP contribution in [-0.2, 0) is 6.18 Å². The molecule has 0 unspecified atom stereocenters. The lowest BCUT2D eigenvalue weighted by atomic mass is 10.0. The summed E-state index contributed by atoms with van der Waals surface area (Å²) in [7, 11) is 0. The van der Waals surface area contributed by atoms with E-state index in [9.17, 15) is 18.0 Å². The number of alkyl halides is 3. The molecule has 0 spiro atoms. The number of hydrogen-bond acceptors (Lipinski definition) is 6. The van der Waals surface area contributed by atoms with E-state index in [2.05, 4.69) is 0 Å². The van der Waals surface area contributed by atoms with E-state index in [1.54, 1.807) is 43.3 Å². The summed E-state index contributed by atoms with van der Waals surface area (Å²) >= 11 is 0. The fourth-order valence-corrected chi connectivity index (χ4v) is 4.05.